The lowest BCUT2D eigenvalue weighted by Crippen LogP contribution is -2.39. The third kappa shape index (κ3) is 4.51. The maximum atomic E-state index is 12.7. The largest absolute Gasteiger partial charge is 0.458 e. The van der Waals surface area contributed by atoms with Crippen molar-refractivity contribution in [1.29, 1.82) is 0 Å². The van der Waals surface area contributed by atoms with Crippen molar-refractivity contribution in [3.05, 3.63) is 70.2 Å². The molecule has 0 N–H and O–H groups in total. The number of carbonyl (C=O) groups excluding carboxylic acids is 3. The van der Waals surface area contributed by atoms with Crippen LogP contribution in [0.25, 0.3) is 0 Å². The summed E-state index contributed by atoms with van der Waals surface area (Å²) in [4.78, 5) is 37.7. The molecule has 1 aliphatic heterocycles. The zero-order valence-corrected chi connectivity index (χ0v) is 18.8. The van der Waals surface area contributed by atoms with Crippen LogP contribution in [0.15, 0.2) is 59.1 Å². The van der Waals surface area contributed by atoms with E-state index in [9.17, 15) is 14.4 Å². The van der Waals surface area contributed by atoms with Crippen LogP contribution >= 0.6 is 15.9 Å². The molecule has 2 aliphatic rings. The van der Waals surface area contributed by atoms with Gasteiger partial charge in [-0.25, -0.2) is 9.59 Å². The van der Waals surface area contributed by atoms with Gasteiger partial charge in [0, 0.05) is 4.47 Å². The van der Waals surface area contributed by atoms with Crippen molar-refractivity contribution < 1.29 is 28.6 Å². The Morgan fingerprint density at radius 1 is 1.03 bits per heavy atom. The molecule has 1 saturated heterocycles. The Morgan fingerprint density at radius 2 is 1.68 bits per heavy atom. The molecular weight excluding hydrogens is 464 g/mol. The fourth-order valence-electron chi connectivity index (χ4n) is 4.22. The molecule has 0 radical (unpaired) electrons. The standard InChI is InChI=1S/C24H23BrO6/c1-24(2)17-12-18(30-22(27)14-6-4-3-5-7-14)19(31-23(28)20(17)24)13-29-21(26)15-8-10-16(25)11-9-15/h3-11,17-20H,12-13H2,1-2H3/t17-,18-,19+,20-/m1/s1. The van der Waals surface area contributed by atoms with Crippen LogP contribution in [0.4, 0.5) is 0 Å². The zero-order chi connectivity index (χ0) is 22.2. The van der Waals surface area contributed by atoms with Gasteiger partial charge in [0.25, 0.3) is 0 Å². The molecule has 0 unspecified atom stereocenters. The van der Waals surface area contributed by atoms with E-state index in [2.05, 4.69) is 15.9 Å². The van der Waals surface area contributed by atoms with E-state index in [1.165, 1.54) is 0 Å². The molecule has 4 rings (SSSR count). The predicted octanol–water partition coefficient (Wildman–Crippen LogP) is 4.42. The predicted molar refractivity (Wildman–Crippen MR) is 115 cm³/mol. The van der Waals surface area contributed by atoms with E-state index in [0.29, 0.717) is 17.5 Å². The van der Waals surface area contributed by atoms with Crippen molar-refractivity contribution in [1.82, 2.24) is 0 Å². The Kier molecular flexibility index (Phi) is 5.88. The molecule has 1 heterocycles. The van der Waals surface area contributed by atoms with E-state index in [1.54, 1.807) is 48.5 Å². The first-order chi connectivity index (χ1) is 14.8. The monoisotopic (exact) mass is 486 g/mol. The van der Waals surface area contributed by atoms with Gasteiger partial charge in [-0.05, 0) is 54.2 Å². The highest BCUT2D eigenvalue weighted by Crippen LogP contribution is 2.62. The number of halogens is 1. The van der Waals surface area contributed by atoms with Gasteiger partial charge in [-0.3, -0.25) is 4.79 Å². The van der Waals surface area contributed by atoms with Gasteiger partial charge < -0.3 is 14.2 Å². The van der Waals surface area contributed by atoms with E-state index in [4.69, 9.17) is 14.2 Å². The number of fused-ring (bicyclic) bond motifs is 1. The minimum absolute atomic E-state index is 0.0562. The summed E-state index contributed by atoms with van der Waals surface area (Å²) >= 11 is 3.32. The molecule has 0 amide bonds. The molecule has 2 aromatic carbocycles. The minimum atomic E-state index is -0.858. The second-order valence-corrected chi connectivity index (χ2v) is 9.45. The van der Waals surface area contributed by atoms with Crippen LogP contribution in [0, 0.1) is 17.3 Å². The molecule has 0 spiro atoms. The van der Waals surface area contributed by atoms with Crippen LogP contribution in [0.5, 0.6) is 0 Å². The summed E-state index contributed by atoms with van der Waals surface area (Å²) in [6.07, 6.45) is -1.09. The first-order valence-electron chi connectivity index (χ1n) is 10.2. The van der Waals surface area contributed by atoms with Crippen LogP contribution in [-0.2, 0) is 19.0 Å². The van der Waals surface area contributed by atoms with Crippen LogP contribution < -0.4 is 0 Å². The molecule has 4 atom stereocenters. The Labute approximate surface area is 189 Å². The van der Waals surface area contributed by atoms with Crippen molar-refractivity contribution >= 4 is 33.8 Å². The molecule has 2 fully saturated rings. The van der Waals surface area contributed by atoms with Crippen LogP contribution in [0.2, 0.25) is 0 Å². The van der Waals surface area contributed by atoms with Gasteiger partial charge in [0.05, 0.1) is 17.0 Å². The Hall–Kier alpha value is -2.67. The fourth-order valence-corrected chi connectivity index (χ4v) is 4.49. The summed E-state index contributed by atoms with van der Waals surface area (Å²) in [6.45, 7) is 3.83. The molecule has 0 bridgehead atoms. The number of hydrogen-bond acceptors (Lipinski definition) is 6. The first kappa shape index (κ1) is 21.6. The third-order valence-electron chi connectivity index (χ3n) is 6.20. The van der Waals surface area contributed by atoms with Crippen molar-refractivity contribution in [2.75, 3.05) is 6.61 Å². The lowest BCUT2D eigenvalue weighted by Gasteiger charge is -2.26. The Bertz CT molecular complexity index is 985. The number of carbonyl (C=O) groups is 3. The van der Waals surface area contributed by atoms with E-state index >= 15 is 0 Å². The Balaban J connectivity index is 1.48. The maximum absolute atomic E-state index is 12.7. The van der Waals surface area contributed by atoms with Crippen molar-refractivity contribution in [2.24, 2.45) is 17.3 Å². The average Bonchev–Trinajstić information content (AvgIpc) is 3.35. The van der Waals surface area contributed by atoms with Gasteiger partial charge in [0.15, 0.2) is 6.10 Å². The maximum Gasteiger partial charge on any atom is 0.338 e. The van der Waals surface area contributed by atoms with Gasteiger partial charge in [-0.15, -0.1) is 0 Å². The number of cyclic esters (lactones) is 1. The fraction of sp³-hybridized carbons (Fsp3) is 0.375. The highest BCUT2D eigenvalue weighted by atomic mass is 79.9. The quantitative estimate of drug-likeness (QED) is 0.459. The molecular formula is C24H23BrO6. The summed E-state index contributed by atoms with van der Waals surface area (Å²) < 4.78 is 17.7. The molecule has 0 aromatic heterocycles. The van der Waals surface area contributed by atoms with Crippen LogP contribution in [0.3, 0.4) is 0 Å². The Morgan fingerprint density at radius 3 is 2.35 bits per heavy atom. The number of ether oxygens (including phenoxy) is 3. The molecule has 162 valence electrons. The van der Waals surface area contributed by atoms with Crippen molar-refractivity contribution in [3.63, 3.8) is 0 Å². The SMILES string of the molecule is CC1(C)[C@@H]2C[C@@H](OC(=O)c3ccccc3)[C@H](COC(=O)c3ccc(Br)cc3)OC(=O)[C@@H]21. The normalized spacial score (nSPS) is 26.1. The van der Waals surface area contributed by atoms with E-state index in [-0.39, 0.29) is 29.8 Å². The summed E-state index contributed by atoms with van der Waals surface area (Å²) in [5, 5.41) is 0. The second-order valence-electron chi connectivity index (χ2n) is 8.53. The second kappa shape index (κ2) is 8.46. The van der Waals surface area contributed by atoms with Gasteiger partial charge in [-0.1, -0.05) is 48.0 Å². The molecule has 31 heavy (non-hydrogen) atoms. The third-order valence-corrected chi connectivity index (χ3v) is 6.73. The molecule has 1 saturated carbocycles. The van der Waals surface area contributed by atoms with Crippen molar-refractivity contribution in [2.45, 2.75) is 32.5 Å². The summed E-state index contributed by atoms with van der Waals surface area (Å²) in [5.41, 5.74) is 0.591. The van der Waals surface area contributed by atoms with E-state index in [1.807, 2.05) is 19.9 Å². The van der Waals surface area contributed by atoms with Crippen LogP contribution in [0.1, 0.15) is 41.0 Å². The highest BCUT2D eigenvalue weighted by Gasteiger charge is 2.65. The summed E-state index contributed by atoms with van der Waals surface area (Å²) in [5.74, 6) is -1.55. The number of rotatable bonds is 5. The van der Waals surface area contributed by atoms with Crippen LogP contribution in [-0.4, -0.2) is 36.7 Å². The average molecular weight is 487 g/mol. The zero-order valence-electron chi connectivity index (χ0n) is 17.2. The lowest BCUT2D eigenvalue weighted by atomic mass is 10.0. The van der Waals surface area contributed by atoms with E-state index in [0.717, 1.165) is 4.47 Å². The summed E-state index contributed by atoms with van der Waals surface area (Å²) in [6, 6.07) is 15.4. The van der Waals surface area contributed by atoms with Gasteiger partial charge in [0.1, 0.15) is 12.7 Å². The topological polar surface area (TPSA) is 78.9 Å². The number of esters is 3. The first-order valence-corrected chi connectivity index (χ1v) is 11.0. The smallest absolute Gasteiger partial charge is 0.338 e. The van der Waals surface area contributed by atoms with Gasteiger partial charge >= 0.3 is 17.9 Å². The summed E-state index contributed by atoms with van der Waals surface area (Å²) in [7, 11) is 0. The molecule has 2 aromatic rings. The minimum Gasteiger partial charge on any atom is -0.458 e. The van der Waals surface area contributed by atoms with Gasteiger partial charge in [0.2, 0.25) is 0 Å². The number of benzene rings is 2. The van der Waals surface area contributed by atoms with Gasteiger partial charge in [-0.2, -0.15) is 0 Å². The highest BCUT2D eigenvalue weighted by molar-refractivity contribution is 9.10. The molecule has 1 aliphatic carbocycles. The van der Waals surface area contributed by atoms with Crippen molar-refractivity contribution in [3.8, 4) is 0 Å². The van der Waals surface area contributed by atoms with E-state index < -0.39 is 24.1 Å². The number of hydrogen-bond donors (Lipinski definition) is 0. The molecule has 7 heteroatoms. The lowest BCUT2D eigenvalue weighted by molar-refractivity contribution is -0.159. The molecule has 6 nitrogen and oxygen atoms in total.